The van der Waals surface area contributed by atoms with Crippen LogP contribution in [0.3, 0.4) is 0 Å². The number of hydrogen-bond donors (Lipinski definition) is 5. The second-order valence-corrected chi connectivity index (χ2v) is 2.95. The minimum atomic E-state index is -1.48. The van der Waals surface area contributed by atoms with Crippen molar-refractivity contribution in [1.82, 2.24) is 0 Å². The van der Waals surface area contributed by atoms with Crippen LogP contribution in [0, 0.1) is 5.41 Å². The van der Waals surface area contributed by atoms with Gasteiger partial charge in [0.25, 0.3) is 0 Å². The van der Waals surface area contributed by atoms with E-state index in [4.69, 9.17) is 15.3 Å². The molecule has 7 heteroatoms. The standard InChI is InChI=1S/C7H13NO6/c8-2-13-6-5(11)4(10)3(1-9)14-7(6)12/h2-12H,1H2. The maximum Gasteiger partial charge on any atom is 0.195 e. The van der Waals surface area contributed by atoms with Crippen molar-refractivity contribution in [2.45, 2.75) is 30.7 Å². The number of ether oxygens (including phenoxy) is 2. The summed E-state index contributed by atoms with van der Waals surface area (Å²) >= 11 is 0. The van der Waals surface area contributed by atoms with Crippen molar-refractivity contribution in [3.8, 4) is 0 Å². The van der Waals surface area contributed by atoms with Crippen molar-refractivity contribution < 1.29 is 29.9 Å². The molecule has 0 aromatic carbocycles. The minimum Gasteiger partial charge on any atom is -0.472 e. The fraction of sp³-hybridized carbons (Fsp3) is 0.857. The van der Waals surface area contributed by atoms with E-state index in [0.717, 1.165) is 0 Å². The Bertz CT molecular complexity index is 201. The first-order chi connectivity index (χ1) is 6.61. The summed E-state index contributed by atoms with van der Waals surface area (Å²) in [5.74, 6) is 0. The zero-order valence-electron chi connectivity index (χ0n) is 7.28. The van der Waals surface area contributed by atoms with E-state index in [0.29, 0.717) is 6.40 Å². The molecule has 82 valence electrons. The summed E-state index contributed by atoms with van der Waals surface area (Å²) in [6.07, 6.45) is -5.97. The highest BCUT2D eigenvalue weighted by Gasteiger charge is 2.44. The molecule has 1 heterocycles. The molecule has 5 N–H and O–H groups in total. The van der Waals surface area contributed by atoms with Crippen LogP contribution in [0.25, 0.3) is 0 Å². The van der Waals surface area contributed by atoms with E-state index < -0.39 is 37.3 Å². The van der Waals surface area contributed by atoms with Crippen LogP contribution in [0.5, 0.6) is 0 Å². The van der Waals surface area contributed by atoms with Gasteiger partial charge in [-0.2, -0.15) is 0 Å². The number of hydrogen-bond acceptors (Lipinski definition) is 7. The Hall–Kier alpha value is -0.730. The topological polar surface area (TPSA) is 123 Å². The Labute approximate surface area is 80.0 Å². The lowest BCUT2D eigenvalue weighted by Crippen LogP contribution is -2.59. The number of aliphatic hydroxyl groups is 4. The van der Waals surface area contributed by atoms with E-state index in [1.54, 1.807) is 0 Å². The normalized spacial score (nSPS) is 43.3. The largest absolute Gasteiger partial charge is 0.472 e. The highest BCUT2D eigenvalue weighted by atomic mass is 16.7. The maximum atomic E-state index is 9.41. The molecule has 0 saturated carbocycles. The summed E-state index contributed by atoms with van der Waals surface area (Å²) in [5.41, 5.74) is 0. The van der Waals surface area contributed by atoms with Gasteiger partial charge >= 0.3 is 0 Å². The quantitative estimate of drug-likeness (QED) is 0.255. The van der Waals surface area contributed by atoms with Crippen molar-refractivity contribution in [1.29, 1.82) is 5.41 Å². The molecule has 0 radical (unpaired) electrons. The van der Waals surface area contributed by atoms with Crippen LogP contribution in [-0.2, 0) is 9.47 Å². The molecular weight excluding hydrogens is 194 g/mol. The molecule has 0 amide bonds. The van der Waals surface area contributed by atoms with E-state index in [1.165, 1.54) is 0 Å². The predicted octanol–water partition coefficient (Wildman–Crippen LogP) is -2.59. The molecule has 1 aliphatic rings. The highest BCUT2D eigenvalue weighted by Crippen LogP contribution is 2.21. The van der Waals surface area contributed by atoms with Crippen LogP contribution in [0.2, 0.25) is 0 Å². The summed E-state index contributed by atoms with van der Waals surface area (Å²) in [6.45, 7) is -0.521. The highest BCUT2D eigenvalue weighted by molar-refractivity contribution is 5.41. The molecule has 1 aliphatic heterocycles. The van der Waals surface area contributed by atoms with Crippen LogP contribution in [-0.4, -0.2) is 64.1 Å². The van der Waals surface area contributed by atoms with Crippen molar-refractivity contribution in [2.75, 3.05) is 6.61 Å². The summed E-state index contributed by atoms with van der Waals surface area (Å²) in [7, 11) is 0. The molecule has 0 aliphatic carbocycles. The average molecular weight is 207 g/mol. The first-order valence-electron chi connectivity index (χ1n) is 4.06. The molecule has 5 unspecified atom stereocenters. The van der Waals surface area contributed by atoms with Crippen molar-refractivity contribution >= 4 is 6.40 Å². The fourth-order valence-corrected chi connectivity index (χ4v) is 1.30. The molecule has 0 aromatic heterocycles. The molecule has 7 nitrogen and oxygen atoms in total. The first-order valence-corrected chi connectivity index (χ1v) is 4.06. The monoisotopic (exact) mass is 207 g/mol. The molecule has 0 aromatic rings. The van der Waals surface area contributed by atoms with Crippen LogP contribution in [0.15, 0.2) is 0 Å². The Morgan fingerprint density at radius 1 is 1.29 bits per heavy atom. The third kappa shape index (κ3) is 2.02. The van der Waals surface area contributed by atoms with E-state index in [9.17, 15) is 15.3 Å². The van der Waals surface area contributed by atoms with Gasteiger partial charge in [-0.15, -0.1) is 0 Å². The van der Waals surface area contributed by atoms with E-state index in [1.807, 2.05) is 0 Å². The van der Waals surface area contributed by atoms with Crippen LogP contribution in [0.4, 0.5) is 0 Å². The molecule has 1 rings (SSSR count). The van der Waals surface area contributed by atoms with Crippen LogP contribution < -0.4 is 0 Å². The Morgan fingerprint density at radius 2 is 1.93 bits per heavy atom. The zero-order valence-corrected chi connectivity index (χ0v) is 7.28. The molecule has 0 bridgehead atoms. The van der Waals surface area contributed by atoms with Gasteiger partial charge in [0.1, 0.15) is 18.3 Å². The van der Waals surface area contributed by atoms with E-state index in [-0.39, 0.29) is 0 Å². The Balaban J connectivity index is 2.68. The summed E-state index contributed by atoms with van der Waals surface area (Å²) in [5, 5.41) is 43.4. The molecular formula is C7H13NO6. The van der Waals surface area contributed by atoms with E-state index >= 15 is 0 Å². The third-order valence-corrected chi connectivity index (χ3v) is 2.07. The van der Waals surface area contributed by atoms with Gasteiger partial charge in [-0.1, -0.05) is 0 Å². The van der Waals surface area contributed by atoms with Gasteiger partial charge < -0.3 is 29.9 Å². The molecule has 14 heavy (non-hydrogen) atoms. The number of aliphatic hydroxyl groups excluding tert-OH is 4. The molecule has 0 spiro atoms. The summed E-state index contributed by atoms with van der Waals surface area (Å²) < 4.78 is 9.30. The van der Waals surface area contributed by atoms with Crippen molar-refractivity contribution in [2.24, 2.45) is 0 Å². The lowest BCUT2D eigenvalue weighted by Gasteiger charge is -2.38. The van der Waals surface area contributed by atoms with Gasteiger partial charge in [-0.05, 0) is 0 Å². The van der Waals surface area contributed by atoms with E-state index in [2.05, 4.69) is 4.74 Å². The van der Waals surface area contributed by atoms with Crippen molar-refractivity contribution in [3.05, 3.63) is 0 Å². The van der Waals surface area contributed by atoms with Gasteiger partial charge in [0, 0.05) is 0 Å². The molecule has 1 fully saturated rings. The van der Waals surface area contributed by atoms with Crippen molar-refractivity contribution in [3.63, 3.8) is 0 Å². The molecule has 1 saturated heterocycles. The number of rotatable bonds is 3. The lowest BCUT2D eigenvalue weighted by atomic mass is 9.99. The van der Waals surface area contributed by atoms with Crippen LogP contribution in [0.1, 0.15) is 0 Å². The van der Waals surface area contributed by atoms with Gasteiger partial charge in [-0.3, -0.25) is 5.41 Å². The van der Waals surface area contributed by atoms with Gasteiger partial charge in [0.05, 0.1) is 6.61 Å². The number of nitrogens with one attached hydrogen (secondary N) is 1. The second-order valence-electron chi connectivity index (χ2n) is 2.95. The average Bonchev–Trinajstić information content (AvgIpc) is 2.18. The first kappa shape index (κ1) is 11.3. The third-order valence-electron chi connectivity index (χ3n) is 2.07. The smallest absolute Gasteiger partial charge is 0.195 e. The van der Waals surface area contributed by atoms with Crippen LogP contribution >= 0.6 is 0 Å². The SMILES string of the molecule is N=COC1C(O)OC(CO)C(O)C1O. The summed E-state index contributed by atoms with van der Waals surface area (Å²) in [4.78, 5) is 0. The Kier molecular flexibility index (Phi) is 3.78. The maximum absolute atomic E-state index is 9.41. The summed E-state index contributed by atoms with van der Waals surface area (Å²) in [6, 6.07) is 0. The Morgan fingerprint density at radius 3 is 2.43 bits per heavy atom. The molecule has 5 atom stereocenters. The minimum absolute atomic E-state index is 0.521. The predicted molar refractivity (Wildman–Crippen MR) is 43.6 cm³/mol. The van der Waals surface area contributed by atoms with Gasteiger partial charge in [-0.25, -0.2) is 0 Å². The zero-order chi connectivity index (χ0) is 10.7. The lowest BCUT2D eigenvalue weighted by molar-refractivity contribution is -0.282. The van der Waals surface area contributed by atoms with Gasteiger partial charge in [0.15, 0.2) is 18.8 Å². The second kappa shape index (κ2) is 4.67. The van der Waals surface area contributed by atoms with Gasteiger partial charge in [0.2, 0.25) is 0 Å². The fourth-order valence-electron chi connectivity index (χ4n) is 1.30.